The largest absolute Gasteiger partial charge is 0.383 e. The predicted octanol–water partition coefficient (Wildman–Crippen LogP) is 3.60. The summed E-state index contributed by atoms with van der Waals surface area (Å²) in [5.74, 6) is -0.633. The number of aromatic nitrogens is 1. The SMILES string of the molecule is CCCNc1cnccc1C(=O)Nc1ccc(C)c(F)c1. The van der Waals surface area contributed by atoms with Gasteiger partial charge in [0, 0.05) is 18.4 Å². The van der Waals surface area contributed by atoms with Crippen molar-refractivity contribution in [3.63, 3.8) is 0 Å². The fourth-order valence-electron chi connectivity index (χ4n) is 1.86. The van der Waals surface area contributed by atoms with Gasteiger partial charge in [-0.3, -0.25) is 9.78 Å². The number of rotatable bonds is 5. The van der Waals surface area contributed by atoms with Crippen molar-refractivity contribution in [3.8, 4) is 0 Å². The third-order valence-electron chi connectivity index (χ3n) is 3.06. The van der Waals surface area contributed by atoms with Crippen LogP contribution in [-0.4, -0.2) is 17.4 Å². The number of benzene rings is 1. The minimum Gasteiger partial charge on any atom is -0.383 e. The van der Waals surface area contributed by atoms with Crippen molar-refractivity contribution in [3.05, 3.63) is 53.6 Å². The van der Waals surface area contributed by atoms with E-state index in [2.05, 4.69) is 15.6 Å². The fourth-order valence-corrected chi connectivity index (χ4v) is 1.86. The van der Waals surface area contributed by atoms with Gasteiger partial charge in [-0.25, -0.2) is 4.39 Å². The molecule has 0 atom stereocenters. The molecule has 1 aromatic heterocycles. The molecule has 1 heterocycles. The summed E-state index contributed by atoms with van der Waals surface area (Å²) in [5, 5.41) is 5.85. The molecule has 0 aliphatic carbocycles. The molecule has 0 aliphatic heterocycles. The number of nitrogens with one attached hydrogen (secondary N) is 2. The first-order valence-corrected chi connectivity index (χ1v) is 6.87. The van der Waals surface area contributed by atoms with Gasteiger partial charge in [0.25, 0.3) is 5.91 Å². The second-order valence-corrected chi connectivity index (χ2v) is 4.77. The molecule has 110 valence electrons. The summed E-state index contributed by atoms with van der Waals surface area (Å²) in [6.45, 7) is 4.47. The monoisotopic (exact) mass is 287 g/mol. The number of nitrogens with zero attached hydrogens (tertiary/aromatic N) is 1. The number of hydrogen-bond acceptors (Lipinski definition) is 3. The second kappa shape index (κ2) is 6.83. The number of halogens is 1. The van der Waals surface area contributed by atoms with Crippen molar-refractivity contribution < 1.29 is 9.18 Å². The van der Waals surface area contributed by atoms with Crippen molar-refractivity contribution in [2.45, 2.75) is 20.3 Å². The van der Waals surface area contributed by atoms with Crippen LogP contribution in [0.3, 0.4) is 0 Å². The zero-order chi connectivity index (χ0) is 15.2. The summed E-state index contributed by atoms with van der Waals surface area (Å²) < 4.78 is 13.5. The maximum absolute atomic E-state index is 13.5. The third-order valence-corrected chi connectivity index (χ3v) is 3.06. The van der Waals surface area contributed by atoms with Crippen LogP contribution in [0.1, 0.15) is 29.3 Å². The minimum atomic E-state index is -0.341. The van der Waals surface area contributed by atoms with Gasteiger partial charge in [0.1, 0.15) is 5.82 Å². The van der Waals surface area contributed by atoms with Crippen molar-refractivity contribution >= 4 is 17.3 Å². The van der Waals surface area contributed by atoms with E-state index in [1.54, 1.807) is 37.5 Å². The van der Waals surface area contributed by atoms with Gasteiger partial charge in [-0.05, 0) is 37.1 Å². The lowest BCUT2D eigenvalue weighted by Gasteiger charge is -2.11. The molecule has 0 fully saturated rings. The molecule has 0 radical (unpaired) electrons. The summed E-state index contributed by atoms with van der Waals surface area (Å²) in [7, 11) is 0. The lowest BCUT2D eigenvalue weighted by atomic mass is 10.2. The molecule has 0 spiro atoms. The second-order valence-electron chi connectivity index (χ2n) is 4.77. The Morgan fingerprint density at radius 3 is 2.86 bits per heavy atom. The lowest BCUT2D eigenvalue weighted by Crippen LogP contribution is -2.15. The van der Waals surface area contributed by atoms with E-state index in [-0.39, 0.29) is 11.7 Å². The van der Waals surface area contributed by atoms with Gasteiger partial charge in [0.05, 0.1) is 17.4 Å². The first kappa shape index (κ1) is 15.0. The molecular formula is C16H18FN3O. The first-order valence-electron chi connectivity index (χ1n) is 6.87. The van der Waals surface area contributed by atoms with E-state index in [0.29, 0.717) is 22.5 Å². The fraction of sp³-hybridized carbons (Fsp3) is 0.250. The Bertz CT molecular complexity index is 643. The number of carbonyl (C=O) groups is 1. The molecule has 5 heteroatoms. The lowest BCUT2D eigenvalue weighted by molar-refractivity contribution is 0.102. The smallest absolute Gasteiger partial charge is 0.257 e. The van der Waals surface area contributed by atoms with Crippen molar-refractivity contribution in [2.24, 2.45) is 0 Å². The third kappa shape index (κ3) is 3.78. The van der Waals surface area contributed by atoms with Gasteiger partial charge < -0.3 is 10.6 Å². The molecule has 2 aromatic rings. The highest BCUT2D eigenvalue weighted by molar-refractivity contribution is 6.07. The van der Waals surface area contributed by atoms with Crippen molar-refractivity contribution in [1.82, 2.24) is 4.98 Å². The van der Waals surface area contributed by atoms with Crippen LogP contribution in [0.15, 0.2) is 36.7 Å². The van der Waals surface area contributed by atoms with E-state index >= 15 is 0 Å². The van der Waals surface area contributed by atoms with Crippen LogP contribution in [0.25, 0.3) is 0 Å². The maximum atomic E-state index is 13.5. The zero-order valence-corrected chi connectivity index (χ0v) is 12.1. The molecular weight excluding hydrogens is 269 g/mol. The van der Waals surface area contributed by atoms with Crippen LogP contribution in [0, 0.1) is 12.7 Å². The van der Waals surface area contributed by atoms with Crippen molar-refractivity contribution in [1.29, 1.82) is 0 Å². The Balaban J connectivity index is 2.18. The van der Waals surface area contributed by atoms with Gasteiger partial charge in [-0.2, -0.15) is 0 Å². The molecule has 21 heavy (non-hydrogen) atoms. The number of carbonyl (C=O) groups excluding carboxylic acids is 1. The van der Waals surface area contributed by atoms with Gasteiger partial charge in [-0.15, -0.1) is 0 Å². The topological polar surface area (TPSA) is 54.0 Å². The van der Waals surface area contributed by atoms with Crippen LogP contribution in [-0.2, 0) is 0 Å². The molecule has 0 saturated carbocycles. The summed E-state index contributed by atoms with van der Waals surface area (Å²) in [4.78, 5) is 16.3. The molecule has 0 unspecified atom stereocenters. The van der Waals surface area contributed by atoms with Crippen LogP contribution in [0.5, 0.6) is 0 Å². The van der Waals surface area contributed by atoms with E-state index in [1.165, 1.54) is 6.07 Å². The molecule has 2 rings (SSSR count). The average Bonchev–Trinajstić information content (AvgIpc) is 2.49. The molecule has 1 amide bonds. The van der Waals surface area contributed by atoms with Crippen LogP contribution >= 0.6 is 0 Å². The van der Waals surface area contributed by atoms with Gasteiger partial charge in [-0.1, -0.05) is 13.0 Å². The van der Waals surface area contributed by atoms with E-state index in [0.717, 1.165) is 13.0 Å². The van der Waals surface area contributed by atoms with Gasteiger partial charge in [0.15, 0.2) is 0 Å². The van der Waals surface area contributed by atoms with Crippen LogP contribution in [0.2, 0.25) is 0 Å². The number of hydrogen-bond donors (Lipinski definition) is 2. The summed E-state index contributed by atoms with van der Waals surface area (Å²) >= 11 is 0. The van der Waals surface area contributed by atoms with E-state index in [4.69, 9.17) is 0 Å². The number of aryl methyl sites for hydroxylation is 1. The molecule has 0 saturated heterocycles. The molecule has 2 N–H and O–H groups in total. The highest BCUT2D eigenvalue weighted by Gasteiger charge is 2.12. The Hall–Kier alpha value is -2.43. The highest BCUT2D eigenvalue weighted by Crippen LogP contribution is 2.18. The Labute approximate surface area is 123 Å². The van der Waals surface area contributed by atoms with Gasteiger partial charge in [0.2, 0.25) is 0 Å². The molecule has 0 aliphatic rings. The van der Waals surface area contributed by atoms with Crippen LogP contribution in [0.4, 0.5) is 15.8 Å². The average molecular weight is 287 g/mol. The molecule has 4 nitrogen and oxygen atoms in total. The Morgan fingerprint density at radius 2 is 2.14 bits per heavy atom. The maximum Gasteiger partial charge on any atom is 0.257 e. The minimum absolute atomic E-state index is 0.292. The summed E-state index contributed by atoms with van der Waals surface area (Å²) in [5.41, 5.74) is 2.13. The summed E-state index contributed by atoms with van der Waals surface area (Å²) in [6.07, 6.45) is 4.11. The van der Waals surface area contributed by atoms with Crippen molar-refractivity contribution in [2.75, 3.05) is 17.2 Å². The first-order chi connectivity index (χ1) is 10.1. The quantitative estimate of drug-likeness (QED) is 0.883. The van der Waals surface area contributed by atoms with E-state index in [9.17, 15) is 9.18 Å². The van der Waals surface area contributed by atoms with E-state index in [1.807, 2.05) is 6.92 Å². The number of amides is 1. The Kier molecular flexibility index (Phi) is 4.87. The summed E-state index contributed by atoms with van der Waals surface area (Å²) in [6, 6.07) is 6.26. The number of pyridine rings is 1. The molecule has 1 aromatic carbocycles. The standard InChI is InChI=1S/C16H18FN3O/c1-3-7-19-15-10-18-8-6-13(15)16(21)20-12-5-4-11(2)14(17)9-12/h4-6,8-10,19H,3,7H2,1-2H3,(H,20,21). The van der Waals surface area contributed by atoms with E-state index < -0.39 is 0 Å². The number of anilines is 2. The van der Waals surface area contributed by atoms with Gasteiger partial charge >= 0.3 is 0 Å². The normalized spacial score (nSPS) is 10.2. The zero-order valence-electron chi connectivity index (χ0n) is 12.1. The predicted molar refractivity (Wildman–Crippen MR) is 82.1 cm³/mol. The highest BCUT2D eigenvalue weighted by atomic mass is 19.1. The van der Waals surface area contributed by atoms with Crippen LogP contribution < -0.4 is 10.6 Å². The molecule has 0 bridgehead atoms. The Morgan fingerprint density at radius 1 is 1.33 bits per heavy atom.